The number of aliphatic hydroxyl groups is 4. The van der Waals surface area contributed by atoms with Crippen molar-refractivity contribution >= 4 is 89.0 Å². The van der Waals surface area contributed by atoms with Crippen LogP contribution in [0.5, 0.6) is 5.75 Å². The van der Waals surface area contributed by atoms with Gasteiger partial charge in [0.05, 0.1) is 25.4 Å². The second-order valence-electron chi connectivity index (χ2n) is 27.3. The third-order valence-electron chi connectivity index (χ3n) is 15.8. The Morgan fingerprint density at radius 1 is 0.664 bits per heavy atom. The Bertz CT molecular complexity index is 3410. The molecule has 15 atom stereocenters. The molecule has 37 nitrogen and oxygen atoms in total. The van der Waals surface area contributed by atoms with Gasteiger partial charge in [-0.25, -0.2) is 14.4 Å². The molecule has 3 rings (SSSR count). The van der Waals surface area contributed by atoms with Crippen LogP contribution in [0.1, 0.15) is 138 Å². The number of esters is 1. The topological polar surface area (TPSA) is 602 Å². The third kappa shape index (κ3) is 31.6. The number of alkyl halides is 3. The minimum Gasteiger partial charge on any atom is -0.508 e. The van der Waals surface area contributed by atoms with Gasteiger partial charge in [0.15, 0.2) is 24.2 Å². The molecule has 1 heterocycles. The van der Waals surface area contributed by atoms with E-state index in [2.05, 4.69) is 52.8 Å². The van der Waals surface area contributed by atoms with Gasteiger partial charge in [-0.15, -0.1) is 0 Å². The first-order valence-corrected chi connectivity index (χ1v) is 34.0. The molecule has 0 radical (unpaired) electrons. The van der Waals surface area contributed by atoms with Gasteiger partial charge in [-0.1, -0.05) is 104 Å². The molecule has 1 aliphatic heterocycles. The number of halogens is 3. The number of aliphatic carboxylic acids is 1. The minimum atomic E-state index is -5.08. The number of phenols is 1. The Labute approximate surface area is 614 Å². The van der Waals surface area contributed by atoms with Gasteiger partial charge in [0.2, 0.25) is 65.0 Å². The van der Waals surface area contributed by atoms with Gasteiger partial charge in [0, 0.05) is 6.54 Å². The largest absolute Gasteiger partial charge is 0.508 e. The number of benzene rings is 2. The second-order valence-corrected chi connectivity index (χ2v) is 27.3. The van der Waals surface area contributed by atoms with Crippen molar-refractivity contribution in [3.63, 3.8) is 0 Å². The number of nitrogens with one attached hydrogen (secondary N) is 11. The number of hydrogen-bond donors (Lipinski definition) is 20. The molecule has 2 aromatic carbocycles. The summed E-state index contributed by atoms with van der Waals surface area (Å²) < 4.78 is 43.1. The Kier molecular flexibility index (Phi) is 37.4. The van der Waals surface area contributed by atoms with E-state index in [0.717, 1.165) is 6.92 Å². The van der Waals surface area contributed by atoms with Gasteiger partial charge >= 0.3 is 24.2 Å². The highest BCUT2D eigenvalue weighted by molar-refractivity contribution is 6.00. The lowest BCUT2D eigenvalue weighted by atomic mass is 9.95. The predicted octanol–water partition coefficient (Wildman–Crippen LogP) is -3.20. The van der Waals surface area contributed by atoms with Crippen molar-refractivity contribution in [1.29, 1.82) is 0 Å². The first-order chi connectivity index (χ1) is 49.6. The molecule has 23 N–H and O–H groups in total. The van der Waals surface area contributed by atoms with Crippen LogP contribution >= 0.6 is 0 Å². The first kappa shape index (κ1) is 92.6. The fourth-order valence-corrected chi connectivity index (χ4v) is 10.0. The monoisotopic (exact) mass is 1530 g/mol. The molecule has 1 aliphatic rings. The highest BCUT2D eigenvalue weighted by Crippen LogP contribution is 2.26. The number of carboxylic acid groups (broad SMARTS) is 1. The summed E-state index contributed by atoms with van der Waals surface area (Å²) >= 11 is 0. The lowest BCUT2D eigenvalue weighted by Crippen LogP contribution is -2.64. The number of aromatic hydroxyl groups is 1. The van der Waals surface area contributed by atoms with Crippen LogP contribution in [0.4, 0.5) is 18.0 Å². The summed E-state index contributed by atoms with van der Waals surface area (Å²) in [5.41, 5.74) is 15.4. The number of hydrogen-bond acceptors (Lipinski definition) is 22. The molecule has 2 unspecified atom stereocenters. The van der Waals surface area contributed by atoms with Crippen molar-refractivity contribution in [1.82, 2.24) is 58.5 Å². The summed E-state index contributed by atoms with van der Waals surface area (Å²) in [4.78, 5) is 199. The van der Waals surface area contributed by atoms with Crippen LogP contribution < -0.4 is 75.7 Å². The Hall–Kier alpha value is -10.5. The molecule has 2 aromatic rings. The number of ether oxygens (including phenoxy) is 2. The number of carbonyl (C=O) groups is 14. The Balaban J connectivity index is 0.00000527. The van der Waals surface area contributed by atoms with Crippen LogP contribution in [0.25, 0.3) is 0 Å². The molecule has 0 aromatic heterocycles. The van der Waals surface area contributed by atoms with E-state index in [-0.39, 0.29) is 61.5 Å². The van der Waals surface area contributed by atoms with Crippen LogP contribution in [0.15, 0.2) is 59.6 Å². The molecule has 1 fully saturated rings. The van der Waals surface area contributed by atoms with Crippen molar-refractivity contribution in [3.05, 3.63) is 65.7 Å². The smallest absolute Gasteiger partial charge is 0.490 e. The minimum absolute atomic E-state index is 0.0188. The molecule has 107 heavy (non-hydrogen) atoms. The average molecular weight is 1530 g/mol. The van der Waals surface area contributed by atoms with Gasteiger partial charge in [-0.05, 0) is 100 Å². The SMILES string of the molecule is CC[C@H](C)C1NC(=O)[C@@H](CCCN=C(N)N)NC(=O)[C@H](CC(C)C)NC(=O)[C@H]([C@H](O)C(C)C)NC(=O)[C@@H](NC(=O)[C@H](CC(C)C)NC(=O)[C@H](NC(=O)OC(C)(C)C)c2ccc(O)cc2)[C@@H](c2ccccc2)OC(=O)[C@H](CO)NC(=O)[C@H]([C@H](O)C(N)=O)NC(=O)CNC(=O)C([C@H](C)O)NC1=O.O=C(O)C(F)(F)F. The molecule has 0 bridgehead atoms. The van der Waals surface area contributed by atoms with Crippen LogP contribution in [0, 0.1) is 23.7 Å². The lowest BCUT2D eigenvalue weighted by molar-refractivity contribution is -0.192. The van der Waals surface area contributed by atoms with E-state index in [0.29, 0.717) is 0 Å². The van der Waals surface area contributed by atoms with Gasteiger partial charge in [0.1, 0.15) is 65.7 Å². The van der Waals surface area contributed by atoms with Crippen LogP contribution in [0.3, 0.4) is 0 Å². The van der Waals surface area contributed by atoms with E-state index < -0.39 is 216 Å². The number of carboxylic acids is 1. The lowest BCUT2D eigenvalue weighted by Gasteiger charge is -2.34. The zero-order valence-corrected chi connectivity index (χ0v) is 61.3. The molecule has 12 amide bonds. The number of amides is 12. The van der Waals surface area contributed by atoms with E-state index in [1.54, 1.807) is 62.3 Å². The van der Waals surface area contributed by atoms with Gasteiger partial charge in [-0.3, -0.25) is 57.7 Å². The number of guanidine groups is 1. The molecule has 0 saturated carbocycles. The number of cyclic esters (lactones) is 1. The standard InChI is InChI=1S/C65H101N15O20.C2HF3O2/c1-13-33(8)43-57(92)77-44(34(9)82)56(91)70-28-42(84)75-47(50(86)52(66)87)60(95)74-41(29-81)62(97)99-51(36-18-15-14-16-19-36)48(79-55(90)40(27-31(4)5)72-58(93)45(35-21-23-37(83)24-22-35)80-64(98)100-65(10,11)12)61(96)78-46(49(85)32(6)7)59(94)73-39(26-30(2)3)54(89)71-38(53(88)76-43)20-17-25-69-63(67)68;3-2(4,5)1(6)7/h14-16,18-19,21-24,30-34,38-41,43-51,81-83,85-86H,13,17,20,25-29H2,1-12H3,(H2,66,87)(H,70,91)(H,71,89)(H,72,93)(H,73,94)(H,74,95)(H,75,84)(H,76,88)(H,77,92)(H,78,96)(H,79,90)(H,80,98)(H4,67,68,69);(H,6,7)/t33-,34-,38+,39-,40-,41-,43?,44?,45+,46-,47-,48-,49+,50-,51+;/m0./s1. The van der Waals surface area contributed by atoms with Crippen molar-refractivity contribution in [2.24, 2.45) is 45.9 Å². The average Bonchev–Trinajstić information content (AvgIpc) is 0.812. The molecular weight excluding hydrogens is 1420 g/mol. The number of alkyl carbamates (subject to hydrolysis) is 1. The Morgan fingerprint density at radius 2 is 1.20 bits per heavy atom. The number of aliphatic hydroxyl groups excluding tert-OH is 4. The number of phenolic OH excluding ortho intramolecular Hbond substituents is 1. The second kappa shape index (κ2) is 43.2. The zero-order chi connectivity index (χ0) is 81.7. The zero-order valence-electron chi connectivity index (χ0n) is 61.3. The van der Waals surface area contributed by atoms with Crippen molar-refractivity contribution in [2.75, 3.05) is 19.7 Å². The van der Waals surface area contributed by atoms with E-state index in [9.17, 15) is 86.6 Å². The van der Waals surface area contributed by atoms with E-state index in [1.165, 1.54) is 68.4 Å². The van der Waals surface area contributed by atoms with E-state index >= 15 is 14.4 Å². The van der Waals surface area contributed by atoms with Gasteiger partial charge in [-0.2, -0.15) is 13.2 Å². The maximum Gasteiger partial charge on any atom is 0.490 e. The van der Waals surface area contributed by atoms with Crippen LogP contribution in [-0.2, 0) is 71.8 Å². The highest BCUT2D eigenvalue weighted by atomic mass is 19.4. The quantitative estimate of drug-likeness (QED) is 0.0225. The van der Waals surface area contributed by atoms with E-state index in [4.69, 9.17) is 36.6 Å². The molecule has 0 spiro atoms. The third-order valence-corrected chi connectivity index (χ3v) is 15.8. The molecule has 40 heteroatoms. The fourth-order valence-electron chi connectivity index (χ4n) is 10.0. The van der Waals surface area contributed by atoms with Gasteiger partial charge in [0.25, 0.3) is 0 Å². The fraction of sp³-hybridized carbons (Fsp3) is 0.597. The Morgan fingerprint density at radius 3 is 1.70 bits per heavy atom. The van der Waals surface area contributed by atoms with E-state index in [1.807, 2.05) is 10.6 Å². The van der Waals surface area contributed by atoms with Crippen LogP contribution in [-0.4, -0.2) is 224 Å². The summed E-state index contributed by atoms with van der Waals surface area (Å²) in [6.07, 6.45) is -14.9. The van der Waals surface area contributed by atoms with Crippen LogP contribution in [0.2, 0.25) is 0 Å². The normalized spacial score (nSPS) is 22.6. The summed E-state index contributed by atoms with van der Waals surface area (Å²) in [6, 6.07) is -7.10. The number of nitrogens with zero attached hydrogens (tertiary/aromatic N) is 1. The van der Waals surface area contributed by atoms with Crippen molar-refractivity contribution < 1.29 is 120 Å². The number of primary amides is 1. The maximum absolute atomic E-state index is 15.6. The molecule has 0 aliphatic carbocycles. The summed E-state index contributed by atoms with van der Waals surface area (Å²) in [7, 11) is 0. The first-order valence-electron chi connectivity index (χ1n) is 34.0. The molecule has 598 valence electrons. The number of rotatable bonds is 23. The highest BCUT2D eigenvalue weighted by Gasteiger charge is 2.45. The van der Waals surface area contributed by atoms with Gasteiger partial charge < -0.3 is 116 Å². The molecular formula is C67H102F3N15O22. The summed E-state index contributed by atoms with van der Waals surface area (Å²) in [5, 5.41) is 88.0. The number of nitrogens with two attached hydrogens (primary N) is 3. The summed E-state index contributed by atoms with van der Waals surface area (Å²) in [5.74, 6) is -21.2. The van der Waals surface area contributed by atoms with Crippen molar-refractivity contribution in [3.8, 4) is 5.75 Å². The summed E-state index contributed by atoms with van der Waals surface area (Å²) in [6.45, 7) is 16.0. The van der Waals surface area contributed by atoms with Crippen molar-refractivity contribution in [2.45, 2.75) is 212 Å². The maximum atomic E-state index is 15.6. The number of aliphatic imine (C=N–C) groups is 1. The molecule has 1 saturated heterocycles. The number of carbonyl (C=O) groups excluding carboxylic acids is 13. The predicted molar refractivity (Wildman–Crippen MR) is 373 cm³/mol.